The normalized spacial score (nSPS) is 10.3. The molecule has 2 aromatic rings. The quantitative estimate of drug-likeness (QED) is 0.796. The molecule has 0 unspecified atom stereocenters. The molecule has 0 atom stereocenters. The van der Waals surface area contributed by atoms with Crippen molar-refractivity contribution in [1.82, 2.24) is 4.98 Å². The molecule has 0 amide bonds. The van der Waals surface area contributed by atoms with Gasteiger partial charge in [-0.15, -0.1) is 0 Å². The minimum Gasteiger partial charge on any atom is -0.493 e. The molecule has 17 heavy (non-hydrogen) atoms. The van der Waals surface area contributed by atoms with Crippen LogP contribution in [0.15, 0.2) is 36.5 Å². The molecule has 1 heterocycles. The van der Waals surface area contributed by atoms with Gasteiger partial charge in [-0.3, -0.25) is 4.98 Å². The molecule has 0 N–H and O–H groups in total. The third-order valence-corrected chi connectivity index (χ3v) is 2.70. The first-order valence-electron chi connectivity index (χ1n) is 5.88. The number of hydrogen-bond acceptors (Lipinski definition) is 2. The predicted molar refractivity (Wildman–Crippen MR) is 70.3 cm³/mol. The average Bonchev–Trinajstić information content (AvgIpc) is 2.31. The number of aromatic nitrogens is 1. The van der Waals surface area contributed by atoms with E-state index in [1.165, 1.54) is 5.56 Å². The highest BCUT2D eigenvalue weighted by atomic mass is 16.5. The molecule has 0 saturated carbocycles. The van der Waals surface area contributed by atoms with E-state index in [0.717, 1.165) is 22.6 Å². The Hall–Kier alpha value is -1.83. The number of benzene rings is 1. The Morgan fingerprint density at radius 3 is 2.71 bits per heavy atom. The number of ether oxygens (including phenoxy) is 1. The molecular formula is C15H17NO. The van der Waals surface area contributed by atoms with Crippen molar-refractivity contribution in [2.45, 2.75) is 20.8 Å². The summed E-state index contributed by atoms with van der Waals surface area (Å²) >= 11 is 0. The van der Waals surface area contributed by atoms with Crippen molar-refractivity contribution >= 4 is 0 Å². The van der Waals surface area contributed by atoms with E-state index in [9.17, 15) is 0 Å². The molecule has 0 spiro atoms. The highest BCUT2D eigenvalue weighted by Crippen LogP contribution is 2.31. The molecule has 1 aromatic heterocycles. The van der Waals surface area contributed by atoms with Crippen LogP contribution in [0.2, 0.25) is 0 Å². The van der Waals surface area contributed by atoms with E-state index in [0.29, 0.717) is 6.61 Å². The minimum absolute atomic E-state index is 0.669. The van der Waals surface area contributed by atoms with Crippen molar-refractivity contribution in [3.05, 3.63) is 47.7 Å². The van der Waals surface area contributed by atoms with E-state index in [2.05, 4.69) is 43.1 Å². The summed E-state index contributed by atoms with van der Waals surface area (Å²) in [6, 6.07) is 10.2. The molecule has 88 valence electrons. The van der Waals surface area contributed by atoms with Crippen LogP contribution < -0.4 is 4.74 Å². The molecule has 2 rings (SSSR count). The zero-order valence-electron chi connectivity index (χ0n) is 10.5. The largest absolute Gasteiger partial charge is 0.493 e. The van der Waals surface area contributed by atoms with Gasteiger partial charge in [0.2, 0.25) is 0 Å². The molecule has 2 nitrogen and oxygen atoms in total. The van der Waals surface area contributed by atoms with Crippen molar-refractivity contribution in [3.63, 3.8) is 0 Å². The van der Waals surface area contributed by atoms with Gasteiger partial charge in [0.15, 0.2) is 0 Å². The van der Waals surface area contributed by atoms with Gasteiger partial charge in [0.05, 0.1) is 12.3 Å². The standard InChI is InChI=1S/C15H17NO/c1-4-17-14-10-11(2)7-8-13(14)15-12(3)6-5-9-16-15/h5-10H,4H2,1-3H3. The molecule has 0 aliphatic heterocycles. The van der Waals surface area contributed by atoms with E-state index in [1.807, 2.05) is 19.2 Å². The van der Waals surface area contributed by atoms with Crippen molar-refractivity contribution in [2.24, 2.45) is 0 Å². The van der Waals surface area contributed by atoms with Gasteiger partial charge in [-0.25, -0.2) is 0 Å². The van der Waals surface area contributed by atoms with Crippen LogP contribution in [0.1, 0.15) is 18.1 Å². The zero-order chi connectivity index (χ0) is 12.3. The summed E-state index contributed by atoms with van der Waals surface area (Å²) in [5.41, 5.74) is 4.43. The Kier molecular flexibility index (Phi) is 3.43. The Bertz CT molecular complexity index is 520. The second-order valence-corrected chi connectivity index (χ2v) is 4.10. The maximum atomic E-state index is 5.69. The van der Waals surface area contributed by atoms with Crippen molar-refractivity contribution in [2.75, 3.05) is 6.61 Å². The van der Waals surface area contributed by atoms with Crippen LogP contribution in [0.4, 0.5) is 0 Å². The first-order valence-corrected chi connectivity index (χ1v) is 5.88. The second kappa shape index (κ2) is 5.00. The fraction of sp³-hybridized carbons (Fsp3) is 0.267. The fourth-order valence-electron chi connectivity index (χ4n) is 1.87. The zero-order valence-corrected chi connectivity index (χ0v) is 10.5. The maximum absolute atomic E-state index is 5.69. The monoisotopic (exact) mass is 227 g/mol. The molecule has 2 heteroatoms. The highest BCUT2D eigenvalue weighted by molar-refractivity contribution is 5.70. The topological polar surface area (TPSA) is 22.1 Å². The lowest BCUT2D eigenvalue weighted by Crippen LogP contribution is -1.96. The number of hydrogen-bond donors (Lipinski definition) is 0. The van der Waals surface area contributed by atoms with Gasteiger partial charge in [-0.05, 0) is 50.1 Å². The lowest BCUT2D eigenvalue weighted by atomic mass is 10.0. The summed E-state index contributed by atoms with van der Waals surface area (Å²) in [5.74, 6) is 0.911. The summed E-state index contributed by atoms with van der Waals surface area (Å²) in [7, 11) is 0. The van der Waals surface area contributed by atoms with Crippen molar-refractivity contribution in [1.29, 1.82) is 0 Å². The van der Waals surface area contributed by atoms with Crippen LogP contribution in [-0.4, -0.2) is 11.6 Å². The van der Waals surface area contributed by atoms with Crippen LogP contribution >= 0.6 is 0 Å². The van der Waals surface area contributed by atoms with Gasteiger partial charge < -0.3 is 4.74 Å². The smallest absolute Gasteiger partial charge is 0.128 e. The van der Waals surface area contributed by atoms with Gasteiger partial charge in [-0.1, -0.05) is 12.1 Å². The van der Waals surface area contributed by atoms with E-state index >= 15 is 0 Å². The van der Waals surface area contributed by atoms with Gasteiger partial charge in [-0.2, -0.15) is 0 Å². The molecule has 0 saturated heterocycles. The third kappa shape index (κ3) is 2.47. The Morgan fingerprint density at radius 1 is 1.18 bits per heavy atom. The molecule has 0 aliphatic rings. The highest BCUT2D eigenvalue weighted by Gasteiger charge is 2.09. The van der Waals surface area contributed by atoms with Crippen molar-refractivity contribution < 1.29 is 4.74 Å². The summed E-state index contributed by atoms with van der Waals surface area (Å²) in [6.45, 7) is 6.80. The molecule has 0 fully saturated rings. The van der Waals surface area contributed by atoms with E-state index in [1.54, 1.807) is 0 Å². The Labute approximate surface area is 102 Å². The first-order chi connectivity index (χ1) is 8.22. The summed E-state index contributed by atoms with van der Waals surface area (Å²) in [6.07, 6.45) is 1.82. The molecule has 0 bridgehead atoms. The predicted octanol–water partition coefficient (Wildman–Crippen LogP) is 3.76. The summed E-state index contributed by atoms with van der Waals surface area (Å²) < 4.78 is 5.69. The molecule has 0 aliphatic carbocycles. The maximum Gasteiger partial charge on any atom is 0.128 e. The first kappa shape index (κ1) is 11.6. The lowest BCUT2D eigenvalue weighted by Gasteiger charge is -2.12. The average molecular weight is 227 g/mol. The number of aryl methyl sites for hydroxylation is 2. The van der Waals surface area contributed by atoms with E-state index < -0.39 is 0 Å². The second-order valence-electron chi connectivity index (χ2n) is 4.10. The van der Waals surface area contributed by atoms with Crippen molar-refractivity contribution in [3.8, 4) is 17.0 Å². The molecular weight excluding hydrogens is 210 g/mol. The van der Waals surface area contributed by atoms with Crippen LogP contribution in [-0.2, 0) is 0 Å². The molecule has 0 radical (unpaired) electrons. The summed E-state index contributed by atoms with van der Waals surface area (Å²) in [5, 5.41) is 0. The van der Waals surface area contributed by atoms with Gasteiger partial charge in [0.25, 0.3) is 0 Å². The van der Waals surface area contributed by atoms with E-state index in [4.69, 9.17) is 4.74 Å². The van der Waals surface area contributed by atoms with Gasteiger partial charge >= 0.3 is 0 Å². The van der Waals surface area contributed by atoms with Gasteiger partial charge in [0, 0.05) is 11.8 Å². The van der Waals surface area contributed by atoms with Crippen LogP contribution in [0.25, 0.3) is 11.3 Å². The fourth-order valence-corrected chi connectivity index (χ4v) is 1.87. The van der Waals surface area contributed by atoms with Crippen LogP contribution in [0.3, 0.4) is 0 Å². The number of nitrogens with zero attached hydrogens (tertiary/aromatic N) is 1. The van der Waals surface area contributed by atoms with Crippen LogP contribution in [0.5, 0.6) is 5.75 Å². The number of pyridine rings is 1. The lowest BCUT2D eigenvalue weighted by molar-refractivity contribution is 0.341. The van der Waals surface area contributed by atoms with E-state index in [-0.39, 0.29) is 0 Å². The third-order valence-electron chi connectivity index (χ3n) is 2.70. The van der Waals surface area contributed by atoms with Crippen LogP contribution in [0, 0.1) is 13.8 Å². The number of rotatable bonds is 3. The summed E-state index contributed by atoms with van der Waals surface area (Å²) in [4.78, 5) is 4.44. The molecule has 1 aromatic carbocycles. The Morgan fingerprint density at radius 2 is 2.00 bits per heavy atom. The minimum atomic E-state index is 0.669. The SMILES string of the molecule is CCOc1cc(C)ccc1-c1ncccc1C. The Balaban J connectivity index is 2.55. The van der Waals surface area contributed by atoms with Gasteiger partial charge in [0.1, 0.15) is 5.75 Å².